The van der Waals surface area contributed by atoms with E-state index >= 15 is 0 Å². The van der Waals surface area contributed by atoms with E-state index in [0.29, 0.717) is 28.9 Å². The fourth-order valence-electron chi connectivity index (χ4n) is 3.63. The Balaban J connectivity index is 1.57. The van der Waals surface area contributed by atoms with Crippen LogP contribution in [0.4, 0.5) is 0 Å². The van der Waals surface area contributed by atoms with Gasteiger partial charge in [-0.15, -0.1) is 0 Å². The molecule has 0 bridgehead atoms. The molecule has 0 aliphatic heterocycles. The Morgan fingerprint density at radius 3 is 3.19 bits per heavy atom. The van der Waals surface area contributed by atoms with Crippen LogP contribution in [0.2, 0.25) is 0 Å². The number of aromatic amines is 1. The van der Waals surface area contributed by atoms with Gasteiger partial charge in [0.05, 0.1) is 11.9 Å². The largest absolute Gasteiger partial charge is 0.332 e. The van der Waals surface area contributed by atoms with Crippen LogP contribution in [-0.4, -0.2) is 24.5 Å². The summed E-state index contributed by atoms with van der Waals surface area (Å²) < 4.78 is 7.26. The molecule has 1 unspecified atom stereocenters. The predicted molar refractivity (Wildman–Crippen MR) is 95.9 cm³/mol. The number of nitrogens with zero attached hydrogens (tertiary/aromatic N) is 4. The van der Waals surface area contributed by atoms with E-state index in [1.165, 1.54) is 0 Å². The van der Waals surface area contributed by atoms with Gasteiger partial charge in [-0.1, -0.05) is 12.1 Å². The lowest BCUT2D eigenvalue weighted by molar-refractivity contribution is 0.431. The fourth-order valence-corrected chi connectivity index (χ4v) is 3.63. The second-order valence-corrected chi connectivity index (χ2v) is 6.78. The first-order chi connectivity index (χ1) is 12.7. The summed E-state index contributed by atoms with van der Waals surface area (Å²) in [5.74, 6) is 0.966. The van der Waals surface area contributed by atoms with E-state index in [4.69, 9.17) is 4.52 Å². The normalized spacial score (nSPS) is 16.7. The average Bonchev–Trinajstić information content (AvgIpc) is 3.30. The molecule has 0 amide bonds. The second-order valence-electron chi connectivity index (χ2n) is 6.78. The van der Waals surface area contributed by atoms with Crippen molar-refractivity contribution in [2.75, 3.05) is 0 Å². The number of hydrogen-bond donors (Lipinski definition) is 1. The molecule has 0 saturated carbocycles. The summed E-state index contributed by atoms with van der Waals surface area (Å²) in [7, 11) is 0. The number of fused-ring (bicyclic) bond motifs is 2. The zero-order chi connectivity index (χ0) is 17.7. The molecule has 7 nitrogen and oxygen atoms in total. The highest BCUT2D eigenvalue weighted by Gasteiger charge is 2.21. The van der Waals surface area contributed by atoms with Crippen molar-refractivity contribution in [2.24, 2.45) is 0 Å². The van der Waals surface area contributed by atoms with Crippen LogP contribution < -0.4 is 5.56 Å². The van der Waals surface area contributed by atoms with Crippen molar-refractivity contribution in [3.8, 4) is 23.0 Å². The van der Waals surface area contributed by atoms with Crippen molar-refractivity contribution in [3.63, 3.8) is 0 Å². The summed E-state index contributed by atoms with van der Waals surface area (Å²) in [4.78, 5) is 24.3. The highest BCUT2D eigenvalue weighted by Crippen LogP contribution is 2.30. The average molecular weight is 347 g/mol. The molecule has 1 aliphatic carbocycles. The van der Waals surface area contributed by atoms with Crippen LogP contribution in [-0.2, 0) is 6.42 Å². The molecular weight excluding hydrogens is 330 g/mol. The maximum absolute atomic E-state index is 12.5. The van der Waals surface area contributed by atoms with E-state index in [0.717, 1.165) is 36.0 Å². The lowest BCUT2D eigenvalue weighted by Gasteiger charge is -2.21. The molecule has 5 rings (SSSR count). The number of rotatable bonds is 2. The lowest BCUT2D eigenvalue weighted by atomic mass is 9.87. The summed E-state index contributed by atoms with van der Waals surface area (Å²) in [6.07, 6.45) is 6.79. The van der Waals surface area contributed by atoms with Crippen molar-refractivity contribution >= 4 is 5.52 Å². The summed E-state index contributed by atoms with van der Waals surface area (Å²) in [6.45, 7) is 2.14. The monoisotopic (exact) mass is 347 g/mol. The van der Waals surface area contributed by atoms with Crippen molar-refractivity contribution in [1.29, 1.82) is 0 Å². The SMILES string of the molecule is CC1CCCc2cc(-c3noc(-c4cc5cccn5cn4)n3)c(=O)[nH]c21. The van der Waals surface area contributed by atoms with Gasteiger partial charge in [0.2, 0.25) is 5.82 Å². The Hall–Kier alpha value is -3.22. The first-order valence-electron chi connectivity index (χ1n) is 8.72. The van der Waals surface area contributed by atoms with Crippen molar-refractivity contribution in [2.45, 2.75) is 32.1 Å². The topological polar surface area (TPSA) is 89.1 Å². The number of aromatic nitrogens is 5. The number of hydrogen-bond acceptors (Lipinski definition) is 5. The standard InChI is InChI=1S/C19H17N5O2/c1-11-4-2-5-12-8-14(18(25)21-16(11)12)17-22-19(26-23-17)15-9-13-6-3-7-24(13)10-20-15/h3,6-11H,2,4-5H2,1H3,(H,21,25). The van der Waals surface area contributed by atoms with Crippen molar-refractivity contribution in [1.82, 2.24) is 24.5 Å². The third-order valence-corrected chi connectivity index (χ3v) is 5.04. The molecule has 7 heteroatoms. The molecule has 26 heavy (non-hydrogen) atoms. The first-order valence-corrected chi connectivity index (χ1v) is 8.72. The zero-order valence-electron chi connectivity index (χ0n) is 14.3. The highest BCUT2D eigenvalue weighted by molar-refractivity contribution is 5.62. The van der Waals surface area contributed by atoms with Gasteiger partial charge < -0.3 is 13.9 Å². The summed E-state index contributed by atoms with van der Waals surface area (Å²) in [6, 6.07) is 7.68. The van der Waals surface area contributed by atoms with Gasteiger partial charge in [-0.25, -0.2) is 4.98 Å². The van der Waals surface area contributed by atoms with Gasteiger partial charge in [0.25, 0.3) is 11.4 Å². The van der Waals surface area contributed by atoms with Crippen LogP contribution in [0.3, 0.4) is 0 Å². The molecule has 0 radical (unpaired) electrons. The van der Waals surface area contributed by atoms with Crippen LogP contribution in [0.25, 0.3) is 28.5 Å². The molecule has 0 saturated heterocycles. The minimum atomic E-state index is -0.181. The van der Waals surface area contributed by atoms with Gasteiger partial charge in [0, 0.05) is 17.4 Å². The third-order valence-electron chi connectivity index (χ3n) is 5.04. The van der Waals surface area contributed by atoms with Gasteiger partial charge in [0.1, 0.15) is 5.69 Å². The molecule has 0 aromatic carbocycles. The maximum atomic E-state index is 12.5. The van der Waals surface area contributed by atoms with E-state index in [1.807, 2.05) is 34.9 Å². The molecule has 1 aliphatic rings. The minimum absolute atomic E-state index is 0.181. The van der Waals surface area contributed by atoms with Crippen LogP contribution in [0.1, 0.15) is 36.9 Å². The molecule has 4 aromatic rings. The van der Waals surface area contributed by atoms with Gasteiger partial charge >= 0.3 is 0 Å². The molecule has 1 atom stereocenters. The third kappa shape index (κ3) is 2.35. The first kappa shape index (κ1) is 15.1. The number of H-pyrrole nitrogens is 1. The minimum Gasteiger partial charge on any atom is -0.332 e. The summed E-state index contributed by atoms with van der Waals surface area (Å²) in [5.41, 5.74) is 4.02. The van der Waals surface area contributed by atoms with E-state index in [2.05, 4.69) is 27.0 Å². The van der Waals surface area contributed by atoms with Gasteiger partial charge in [-0.2, -0.15) is 4.98 Å². The highest BCUT2D eigenvalue weighted by atomic mass is 16.5. The van der Waals surface area contributed by atoms with Gasteiger partial charge in [-0.05, 0) is 55.0 Å². The number of aryl methyl sites for hydroxylation is 1. The van der Waals surface area contributed by atoms with Crippen LogP contribution in [0.15, 0.2) is 46.1 Å². The van der Waals surface area contributed by atoms with E-state index < -0.39 is 0 Å². The quantitative estimate of drug-likeness (QED) is 0.601. The Kier molecular flexibility index (Phi) is 3.28. The number of nitrogens with one attached hydrogen (secondary N) is 1. The fraction of sp³-hybridized carbons (Fsp3) is 0.263. The van der Waals surface area contributed by atoms with Crippen LogP contribution >= 0.6 is 0 Å². The van der Waals surface area contributed by atoms with E-state index in [9.17, 15) is 4.79 Å². The van der Waals surface area contributed by atoms with Crippen LogP contribution in [0.5, 0.6) is 0 Å². The molecule has 4 aromatic heterocycles. The Morgan fingerprint density at radius 2 is 2.27 bits per heavy atom. The molecular formula is C19H17N5O2. The lowest BCUT2D eigenvalue weighted by Crippen LogP contribution is -2.19. The smallest absolute Gasteiger partial charge is 0.276 e. The van der Waals surface area contributed by atoms with Gasteiger partial charge in [0.15, 0.2) is 0 Å². The molecule has 0 spiro atoms. The molecule has 130 valence electrons. The predicted octanol–water partition coefficient (Wildman–Crippen LogP) is 3.18. The number of pyridine rings is 1. The van der Waals surface area contributed by atoms with Crippen molar-refractivity contribution < 1.29 is 4.52 Å². The van der Waals surface area contributed by atoms with Crippen LogP contribution in [0, 0.1) is 0 Å². The van der Waals surface area contributed by atoms with E-state index in [-0.39, 0.29) is 5.56 Å². The molecule has 0 fully saturated rings. The maximum Gasteiger partial charge on any atom is 0.276 e. The Labute approximate surface area is 148 Å². The Morgan fingerprint density at radius 1 is 1.35 bits per heavy atom. The summed E-state index contributed by atoms with van der Waals surface area (Å²) in [5, 5.41) is 4.01. The van der Waals surface area contributed by atoms with Gasteiger partial charge in [-0.3, -0.25) is 4.79 Å². The molecule has 4 heterocycles. The Bertz CT molecular complexity index is 1170. The molecule has 1 N–H and O–H groups in total. The van der Waals surface area contributed by atoms with Crippen molar-refractivity contribution in [3.05, 3.63) is 58.4 Å². The second kappa shape index (κ2) is 5.66. The van der Waals surface area contributed by atoms with E-state index in [1.54, 1.807) is 6.33 Å². The summed E-state index contributed by atoms with van der Waals surface area (Å²) >= 11 is 0. The zero-order valence-corrected chi connectivity index (χ0v) is 14.3.